The van der Waals surface area contributed by atoms with Gasteiger partial charge < -0.3 is 9.84 Å². The van der Waals surface area contributed by atoms with Crippen molar-refractivity contribution in [1.82, 2.24) is 5.16 Å². The van der Waals surface area contributed by atoms with Gasteiger partial charge >= 0.3 is 0 Å². The number of aryl methyl sites for hydroxylation is 1. The number of rotatable bonds is 5. The number of benzene rings is 2. The summed E-state index contributed by atoms with van der Waals surface area (Å²) in [5.41, 5.74) is 2.43. The van der Waals surface area contributed by atoms with Gasteiger partial charge in [-0.05, 0) is 12.5 Å². The molecule has 1 amide bonds. The first kappa shape index (κ1) is 16.4. The summed E-state index contributed by atoms with van der Waals surface area (Å²) >= 11 is 0. The fraction of sp³-hybridized carbons (Fsp3) is 0.111. The van der Waals surface area contributed by atoms with Crippen molar-refractivity contribution in [1.29, 1.82) is 0 Å². The fourth-order valence-corrected chi connectivity index (χ4v) is 2.35. The standard InChI is InChI=1S/C18H15N3O4/c1-12-7-8-15(21(23)24)11-16(12)19-18(22)10-14-9-17(25-20-14)13-5-3-2-4-6-13/h2-9,11H,10H2,1H3,(H,19,22). The number of amides is 1. The maximum atomic E-state index is 12.2. The first-order valence-corrected chi connectivity index (χ1v) is 7.59. The highest BCUT2D eigenvalue weighted by Crippen LogP contribution is 2.23. The Hall–Kier alpha value is -3.48. The van der Waals surface area contributed by atoms with Crippen LogP contribution in [0, 0.1) is 17.0 Å². The van der Waals surface area contributed by atoms with E-state index in [1.165, 1.54) is 12.1 Å². The molecule has 0 aliphatic rings. The lowest BCUT2D eigenvalue weighted by atomic mass is 10.1. The van der Waals surface area contributed by atoms with E-state index in [1.807, 2.05) is 30.3 Å². The Labute approximate surface area is 143 Å². The van der Waals surface area contributed by atoms with Gasteiger partial charge in [-0.25, -0.2) is 0 Å². The lowest BCUT2D eigenvalue weighted by Gasteiger charge is -2.07. The van der Waals surface area contributed by atoms with Crippen LogP contribution >= 0.6 is 0 Å². The van der Waals surface area contributed by atoms with Crippen LogP contribution in [0.2, 0.25) is 0 Å². The summed E-state index contributed by atoms with van der Waals surface area (Å²) in [4.78, 5) is 22.5. The number of carbonyl (C=O) groups excluding carboxylic acids is 1. The molecule has 1 aromatic heterocycles. The third-order valence-corrected chi connectivity index (χ3v) is 3.66. The molecule has 0 atom stereocenters. The summed E-state index contributed by atoms with van der Waals surface area (Å²) in [6.07, 6.45) is 0.0124. The van der Waals surface area contributed by atoms with E-state index in [9.17, 15) is 14.9 Å². The van der Waals surface area contributed by atoms with Crippen LogP contribution in [0.5, 0.6) is 0 Å². The predicted octanol–water partition coefficient (Wildman–Crippen LogP) is 3.74. The zero-order chi connectivity index (χ0) is 17.8. The molecule has 7 nitrogen and oxygen atoms in total. The third-order valence-electron chi connectivity index (χ3n) is 3.66. The Kier molecular flexibility index (Phi) is 4.56. The van der Waals surface area contributed by atoms with Crippen LogP contribution in [-0.4, -0.2) is 16.0 Å². The number of carbonyl (C=O) groups is 1. The Bertz CT molecular complexity index is 919. The van der Waals surface area contributed by atoms with Gasteiger partial charge in [0, 0.05) is 23.8 Å². The number of hydrogen-bond acceptors (Lipinski definition) is 5. The second-order valence-electron chi connectivity index (χ2n) is 5.53. The normalized spacial score (nSPS) is 10.4. The zero-order valence-corrected chi connectivity index (χ0v) is 13.4. The SMILES string of the molecule is Cc1ccc([N+](=O)[O-])cc1NC(=O)Cc1cc(-c2ccccc2)on1. The average molecular weight is 337 g/mol. The number of nitro groups is 1. The molecule has 0 saturated carbocycles. The summed E-state index contributed by atoms with van der Waals surface area (Å²) in [6.45, 7) is 1.77. The van der Waals surface area contributed by atoms with Crippen molar-refractivity contribution in [2.75, 3.05) is 5.32 Å². The lowest BCUT2D eigenvalue weighted by Crippen LogP contribution is -2.15. The van der Waals surface area contributed by atoms with Gasteiger partial charge in [0.25, 0.3) is 5.69 Å². The Morgan fingerprint density at radius 2 is 1.96 bits per heavy atom. The van der Waals surface area contributed by atoms with Crippen molar-refractivity contribution in [3.8, 4) is 11.3 Å². The second kappa shape index (κ2) is 6.96. The van der Waals surface area contributed by atoms with Crippen LogP contribution in [0.1, 0.15) is 11.3 Å². The molecule has 0 radical (unpaired) electrons. The number of non-ortho nitro benzene ring substituents is 1. The average Bonchev–Trinajstić information content (AvgIpc) is 3.06. The van der Waals surface area contributed by atoms with Crippen molar-refractivity contribution in [2.45, 2.75) is 13.3 Å². The van der Waals surface area contributed by atoms with Crippen molar-refractivity contribution < 1.29 is 14.2 Å². The highest BCUT2D eigenvalue weighted by atomic mass is 16.6. The Morgan fingerprint density at radius 3 is 2.68 bits per heavy atom. The van der Waals surface area contributed by atoms with Gasteiger partial charge in [-0.2, -0.15) is 0 Å². The molecule has 0 bridgehead atoms. The van der Waals surface area contributed by atoms with Crippen molar-refractivity contribution in [3.63, 3.8) is 0 Å². The predicted molar refractivity (Wildman–Crippen MR) is 92.1 cm³/mol. The molecule has 0 spiro atoms. The van der Waals surface area contributed by atoms with Crippen molar-refractivity contribution in [3.05, 3.63) is 76.0 Å². The molecule has 25 heavy (non-hydrogen) atoms. The van der Waals surface area contributed by atoms with Crippen LogP contribution in [0.4, 0.5) is 11.4 Å². The largest absolute Gasteiger partial charge is 0.356 e. The fourth-order valence-electron chi connectivity index (χ4n) is 2.35. The molecule has 0 aliphatic carbocycles. The van der Waals surface area contributed by atoms with E-state index >= 15 is 0 Å². The van der Waals surface area contributed by atoms with E-state index in [2.05, 4.69) is 10.5 Å². The van der Waals surface area contributed by atoms with E-state index in [0.717, 1.165) is 11.1 Å². The molecule has 1 heterocycles. The summed E-state index contributed by atoms with van der Waals surface area (Å²) in [5, 5.41) is 17.4. The van der Waals surface area contributed by atoms with Gasteiger partial charge in [-0.15, -0.1) is 0 Å². The first-order chi connectivity index (χ1) is 12.0. The molecule has 1 N–H and O–H groups in total. The van der Waals surface area contributed by atoms with Gasteiger partial charge in [0.05, 0.1) is 22.7 Å². The number of anilines is 1. The van der Waals surface area contributed by atoms with E-state index in [1.54, 1.807) is 19.1 Å². The maximum absolute atomic E-state index is 12.2. The van der Waals surface area contributed by atoms with Crippen LogP contribution in [0.25, 0.3) is 11.3 Å². The van der Waals surface area contributed by atoms with Crippen molar-refractivity contribution in [2.24, 2.45) is 0 Å². The monoisotopic (exact) mass is 337 g/mol. The molecular weight excluding hydrogens is 322 g/mol. The number of nitrogens with one attached hydrogen (secondary N) is 1. The highest BCUT2D eigenvalue weighted by molar-refractivity contribution is 5.93. The second-order valence-corrected chi connectivity index (χ2v) is 5.53. The quantitative estimate of drug-likeness (QED) is 0.565. The van der Waals surface area contributed by atoms with E-state index in [-0.39, 0.29) is 18.0 Å². The molecule has 0 fully saturated rings. The Balaban J connectivity index is 1.70. The lowest BCUT2D eigenvalue weighted by molar-refractivity contribution is -0.384. The maximum Gasteiger partial charge on any atom is 0.271 e. The van der Waals surface area contributed by atoms with Crippen molar-refractivity contribution >= 4 is 17.3 Å². The minimum Gasteiger partial charge on any atom is -0.356 e. The molecule has 3 aromatic rings. The smallest absolute Gasteiger partial charge is 0.271 e. The third kappa shape index (κ3) is 3.89. The van der Waals surface area contributed by atoms with Gasteiger partial charge in [-0.1, -0.05) is 41.6 Å². The summed E-state index contributed by atoms with van der Waals surface area (Å²) in [5.74, 6) is 0.256. The van der Waals surface area contributed by atoms with Gasteiger partial charge in [0.2, 0.25) is 5.91 Å². The van der Waals surface area contributed by atoms with Crippen LogP contribution in [0.3, 0.4) is 0 Å². The zero-order valence-electron chi connectivity index (χ0n) is 13.4. The number of nitrogens with zero attached hydrogens (tertiary/aromatic N) is 2. The summed E-state index contributed by atoms with van der Waals surface area (Å²) in [6, 6.07) is 15.5. The molecule has 0 saturated heterocycles. The minimum atomic E-state index is -0.501. The van der Waals surface area contributed by atoms with E-state index in [0.29, 0.717) is 17.1 Å². The van der Waals surface area contributed by atoms with Gasteiger partial charge in [0.1, 0.15) is 0 Å². The van der Waals surface area contributed by atoms with E-state index in [4.69, 9.17) is 4.52 Å². The minimum absolute atomic E-state index is 0.0124. The molecule has 2 aromatic carbocycles. The van der Waals surface area contributed by atoms with Gasteiger partial charge in [0.15, 0.2) is 5.76 Å². The highest BCUT2D eigenvalue weighted by Gasteiger charge is 2.14. The topological polar surface area (TPSA) is 98.3 Å². The molecule has 7 heteroatoms. The number of nitro benzene ring substituents is 1. The first-order valence-electron chi connectivity index (χ1n) is 7.59. The summed E-state index contributed by atoms with van der Waals surface area (Å²) < 4.78 is 5.26. The van der Waals surface area contributed by atoms with Crippen LogP contribution in [-0.2, 0) is 11.2 Å². The van der Waals surface area contributed by atoms with E-state index < -0.39 is 4.92 Å². The molecule has 0 aliphatic heterocycles. The molecule has 3 rings (SSSR count). The molecule has 0 unspecified atom stereocenters. The number of aromatic nitrogens is 1. The number of hydrogen-bond donors (Lipinski definition) is 1. The Morgan fingerprint density at radius 1 is 1.20 bits per heavy atom. The molecule has 126 valence electrons. The van der Waals surface area contributed by atoms with Gasteiger partial charge in [-0.3, -0.25) is 14.9 Å². The van der Waals surface area contributed by atoms with Crippen LogP contribution in [0.15, 0.2) is 59.1 Å². The summed E-state index contributed by atoms with van der Waals surface area (Å²) in [7, 11) is 0. The molecular formula is C18H15N3O4. The van der Waals surface area contributed by atoms with Crippen LogP contribution < -0.4 is 5.32 Å².